The van der Waals surface area contributed by atoms with E-state index in [9.17, 15) is 31.5 Å². The Bertz CT molecular complexity index is 992. The van der Waals surface area contributed by atoms with Crippen LogP contribution < -0.4 is 10.6 Å². The molecule has 0 heterocycles. The van der Waals surface area contributed by atoms with Gasteiger partial charge in [-0.3, -0.25) is 14.5 Å². The SMILES string of the molecule is CC(c1cccc(C(F)(F)F)c1)N(CC(=O)NCC(=O)Nc1ccc(F)c(F)c1)C1CC1. The van der Waals surface area contributed by atoms with Crippen molar-refractivity contribution < 1.29 is 31.5 Å². The van der Waals surface area contributed by atoms with Crippen molar-refractivity contribution in [2.24, 2.45) is 0 Å². The summed E-state index contributed by atoms with van der Waals surface area (Å²) in [6.07, 6.45) is -2.81. The molecule has 2 aromatic carbocycles. The molecular formula is C22H22F5N3O2. The lowest BCUT2D eigenvalue weighted by Gasteiger charge is -2.29. The van der Waals surface area contributed by atoms with Crippen LogP contribution in [0, 0.1) is 11.6 Å². The standard InChI is InChI=1S/C22H22F5N3O2/c1-13(14-3-2-4-15(9-14)22(25,26)27)30(17-6-7-17)12-21(32)28-11-20(31)29-16-5-8-18(23)19(24)10-16/h2-5,8-10,13,17H,6-7,11-12H2,1H3,(H,28,32)(H,29,31). The van der Waals surface area contributed by atoms with Gasteiger partial charge < -0.3 is 10.6 Å². The van der Waals surface area contributed by atoms with Crippen LogP contribution in [0.3, 0.4) is 0 Å². The molecule has 2 amide bonds. The number of hydrogen-bond acceptors (Lipinski definition) is 3. The second kappa shape index (κ2) is 9.64. The molecule has 1 atom stereocenters. The van der Waals surface area contributed by atoms with Gasteiger partial charge in [0.15, 0.2) is 11.6 Å². The quantitative estimate of drug-likeness (QED) is 0.585. The molecule has 1 aliphatic carbocycles. The van der Waals surface area contributed by atoms with Gasteiger partial charge in [0.05, 0.1) is 18.7 Å². The third-order valence-electron chi connectivity index (χ3n) is 5.19. The summed E-state index contributed by atoms with van der Waals surface area (Å²) in [7, 11) is 0. The van der Waals surface area contributed by atoms with Crippen LogP contribution in [-0.2, 0) is 15.8 Å². The summed E-state index contributed by atoms with van der Waals surface area (Å²) in [5, 5.41) is 4.79. The lowest BCUT2D eigenvalue weighted by Crippen LogP contribution is -2.42. The van der Waals surface area contributed by atoms with E-state index in [2.05, 4.69) is 10.6 Å². The second-order valence-electron chi connectivity index (χ2n) is 7.66. The smallest absolute Gasteiger partial charge is 0.346 e. The van der Waals surface area contributed by atoms with Gasteiger partial charge in [0.1, 0.15) is 0 Å². The molecule has 0 saturated heterocycles. The number of nitrogens with zero attached hydrogens (tertiary/aromatic N) is 1. The van der Waals surface area contributed by atoms with Gasteiger partial charge in [-0.05, 0) is 49.6 Å². The summed E-state index contributed by atoms with van der Waals surface area (Å²) in [4.78, 5) is 26.2. The molecule has 172 valence electrons. The molecule has 5 nitrogen and oxygen atoms in total. The third-order valence-corrected chi connectivity index (χ3v) is 5.19. The van der Waals surface area contributed by atoms with E-state index in [-0.39, 0.29) is 18.3 Å². The molecule has 1 unspecified atom stereocenters. The zero-order chi connectivity index (χ0) is 23.5. The summed E-state index contributed by atoms with van der Waals surface area (Å²) >= 11 is 0. The van der Waals surface area contributed by atoms with E-state index in [4.69, 9.17) is 0 Å². The van der Waals surface area contributed by atoms with Gasteiger partial charge in [0.2, 0.25) is 11.8 Å². The Hall–Kier alpha value is -3.01. The first kappa shape index (κ1) is 23.6. The Morgan fingerprint density at radius 3 is 2.41 bits per heavy atom. The molecule has 2 N–H and O–H groups in total. The Kier molecular flexibility index (Phi) is 7.12. The van der Waals surface area contributed by atoms with Crippen LogP contribution in [-0.4, -0.2) is 35.8 Å². The Morgan fingerprint density at radius 1 is 1.06 bits per heavy atom. The van der Waals surface area contributed by atoms with Crippen LogP contribution >= 0.6 is 0 Å². The van der Waals surface area contributed by atoms with Gasteiger partial charge in [-0.2, -0.15) is 13.2 Å². The Balaban J connectivity index is 1.57. The number of hydrogen-bond donors (Lipinski definition) is 2. The Labute approximate surface area is 181 Å². The summed E-state index contributed by atoms with van der Waals surface area (Å²) in [6.45, 7) is 1.24. The maximum atomic E-state index is 13.2. The number of anilines is 1. The minimum atomic E-state index is -4.46. The van der Waals surface area contributed by atoms with E-state index in [0.29, 0.717) is 5.56 Å². The number of alkyl halides is 3. The molecule has 0 radical (unpaired) electrons. The highest BCUT2D eigenvalue weighted by Gasteiger charge is 2.35. The number of carbonyl (C=O) groups is 2. The molecule has 2 aromatic rings. The van der Waals surface area contributed by atoms with Crippen LogP contribution in [0.2, 0.25) is 0 Å². The van der Waals surface area contributed by atoms with Gasteiger partial charge in [-0.15, -0.1) is 0 Å². The first-order valence-corrected chi connectivity index (χ1v) is 9.99. The lowest BCUT2D eigenvalue weighted by molar-refractivity contribution is -0.137. The normalized spacial score (nSPS) is 14.8. The second-order valence-corrected chi connectivity index (χ2v) is 7.66. The van der Waals surface area contributed by atoms with Crippen molar-refractivity contribution >= 4 is 17.5 Å². The fourth-order valence-electron chi connectivity index (χ4n) is 3.33. The number of halogens is 5. The minimum Gasteiger partial charge on any atom is -0.346 e. The van der Waals surface area contributed by atoms with E-state index in [1.54, 1.807) is 17.9 Å². The van der Waals surface area contributed by atoms with Gasteiger partial charge in [-0.1, -0.05) is 12.1 Å². The predicted octanol–water partition coefficient (Wildman–Crippen LogP) is 4.26. The molecular weight excluding hydrogens is 433 g/mol. The largest absolute Gasteiger partial charge is 0.416 e. The lowest BCUT2D eigenvalue weighted by atomic mass is 10.0. The topological polar surface area (TPSA) is 61.4 Å². The molecule has 0 spiro atoms. The summed E-state index contributed by atoms with van der Waals surface area (Å²) in [5.41, 5.74) is -0.271. The molecule has 0 aliphatic heterocycles. The van der Waals surface area contributed by atoms with Crippen molar-refractivity contribution in [1.29, 1.82) is 0 Å². The number of amides is 2. The highest BCUT2D eigenvalue weighted by atomic mass is 19.4. The van der Waals surface area contributed by atoms with Crippen molar-refractivity contribution in [3.63, 3.8) is 0 Å². The van der Waals surface area contributed by atoms with Crippen molar-refractivity contribution in [3.8, 4) is 0 Å². The van der Waals surface area contributed by atoms with Crippen LogP contribution in [0.15, 0.2) is 42.5 Å². The first-order chi connectivity index (χ1) is 15.0. The van der Waals surface area contributed by atoms with Crippen molar-refractivity contribution in [3.05, 3.63) is 65.2 Å². The Morgan fingerprint density at radius 2 is 1.78 bits per heavy atom. The van der Waals surface area contributed by atoms with E-state index in [1.807, 2.05) is 0 Å². The van der Waals surface area contributed by atoms with Crippen LogP contribution in [0.5, 0.6) is 0 Å². The molecule has 3 rings (SSSR count). The fraction of sp³-hybridized carbons (Fsp3) is 0.364. The number of rotatable bonds is 8. The van der Waals surface area contributed by atoms with Crippen molar-refractivity contribution in [1.82, 2.24) is 10.2 Å². The number of carbonyl (C=O) groups excluding carboxylic acids is 2. The highest BCUT2D eigenvalue weighted by molar-refractivity contribution is 5.94. The van der Waals surface area contributed by atoms with Gasteiger partial charge in [0.25, 0.3) is 0 Å². The molecule has 10 heteroatoms. The van der Waals surface area contributed by atoms with Gasteiger partial charge >= 0.3 is 6.18 Å². The molecule has 32 heavy (non-hydrogen) atoms. The van der Waals surface area contributed by atoms with Crippen LogP contribution in [0.4, 0.5) is 27.6 Å². The fourth-order valence-corrected chi connectivity index (χ4v) is 3.33. The van der Waals surface area contributed by atoms with E-state index in [0.717, 1.165) is 37.1 Å². The van der Waals surface area contributed by atoms with Crippen LogP contribution in [0.25, 0.3) is 0 Å². The molecule has 1 fully saturated rings. The van der Waals surface area contributed by atoms with E-state index < -0.39 is 47.8 Å². The van der Waals surface area contributed by atoms with E-state index in [1.165, 1.54) is 12.1 Å². The van der Waals surface area contributed by atoms with Gasteiger partial charge in [-0.25, -0.2) is 8.78 Å². The molecule has 1 saturated carbocycles. The molecule has 0 bridgehead atoms. The zero-order valence-electron chi connectivity index (χ0n) is 17.2. The van der Waals surface area contributed by atoms with Crippen LogP contribution in [0.1, 0.15) is 36.9 Å². The van der Waals surface area contributed by atoms with Gasteiger partial charge in [0, 0.05) is 23.8 Å². The molecule has 1 aliphatic rings. The maximum Gasteiger partial charge on any atom is 0.416 e. The minimum absolute atomic E-state index is 0.0425. The summed E-state index contributed by atoms with van der Waals surface area (Å²) in [6, 6.07) is 7.50. The monoisotopic (exact) mass is 455 g/mol. The third kappa shape index (κ3) is 6.25. The summed E-state index contributed by atoms with van der Waals surface area (Å²) in [5.74, 6) is -3.27. The first-order valence-electron chi connectivity index (χ1n) is 9.99. The predicted molar refractivity (Wildman–Crippen MR) is 108 cm³/mol. The molecule has 0 aromatic heterocycles. The number of benzene rings is 2. The average molecular weight is 455 g/mol. The summed E-state index contributed by atoms with van der Waals surface area (Å²) < 4.78 is 65.3. The van der Waals surface area contributed by atoms with E-state index >= 15 is 0 Å². The number of nitrogens with one attached hydrogen (secondary N) is 2. The maximum absolute atomic E-state index is 13.2. The van der Waals surface area contributed by atoms with Crippen molar-refractivity contribution in [2.45, 2.75) is 38.0 Å². The van der Waals surface area contributed by atoms with Crippen molar-refractivity contribution in [2.75, 3.05) is 18.4 Å². The average Bonchev–Trinajstić information content (AvgIpc) is 3.57. The zero-order valence-corrected chi connectivity index (χ0v) is 17.2. The highest BCUT2D eigenvalue weighted by Crippen LogP contribution is 2.36.